The minimum Gasteiger partial charge on any atom is -0.507 e. The molecule has 186 valence electrons. The van der Waals surface area contributed by atoms with Crippen molar-refractivity contribution in [1.82, 2.24) is 0 Å². The predicted molar refractivity (Wildman–Crippen MR) is 163 cm³/mol. The molecule has 3 N–H and O–H groups in total. The summed E-state index contributed by atoms with van der Waals surface area (Å²) >= 11 is 27.4. The van der Waals surface area contributed by atoms with E-state index in [0.29, 0.717) is 35.8 Å². The molecule has 3 nitrogen and oxygen atoms in total. The number of phenolic OH excluding ortho intramolecular Hbond substituents is 3. The first-order valence-electron chi connectivity index (χ1n) is 10.9. The van der Waals surface area contributed by atoms with Crippen molar-refractivity contribution < 1.29 is 15.3 Å². The fraction of sp³-hybridized carbons (Fsp3) is 0.111. The van der Waals surface area contributed by atoms with Crippen LogP contribution in [-0.4, -0.2) is 15.3 Å². The molecule has 0 spiro atoms. The molecule has 4 rings (SSSR count). The molecule has 0 aliphatic heterocycles. The lowest BCUT2D eigenvalue weighted by molar-refractivity contribution is 0.458. The van der Waals surface area contributed by atoms with Crippen molar-refractivity contribution in [2.75, 3.05) is 0 Å². The second-order valence-electron chi connectivity index (χ2n) is 8.45. The molecule has 0 radical (unpaired) electrons. The van der Waals surface area contributed by atoms with Crippen molar-refractivity contribution in [1.29, 1.82) is 0 Å². The Balaban J connectivity index is 1.96. The summed E-state index contributed by atoms with van der Waals surface area (Å²) in [7, 11) is 0. The third-order valence-electron chi connectivity index (χ3n) is 6.17. The summed E-state index contributed by atoms with van der Waals surface area (Å²) in [4.78, 5) is 3.12. The van der Waals surface area contributed by atoms with Gasteiger partial charge in [0.2, 0.25) is 0 Å². The van der Waals surface area contributed by atoms with E-state index in [9.17, 15) is 15.3 Å². The molecule has 4 aromatic carbocycles. The number of hydrogen-bond donors (Lipinski definition) is 9. The van der Waals surface area contributed by atoms with Crippen molar-refractivity contribution in [3.05, 3.63) is 89.0 Å². The zero-order valence-electron chi connectivity index (χ0n) is 18.7. The standard InChI is InChI=1S/C27H24O3S6/c28-19-10-22(31)16(7-25(19)34)14(13-4-2-1-3-5-13)6-15(17-8-26(35)20(29)11-23(17)32)18-9-27(36)21(30)12-24(18)33/h1-5,7-12,14-15,28-36H,6H2. The zero-order chi connectivity index (χ0) is 26.1. The molecule has 0 aromatic heterocycles. The van der Waals surface area contributed by atoms with Gasteiger partial charge >= 0.3 is 0 Å². The Labute approximate surface area is 243 Å². The highest BCUT2D eigenvalue weighted by Crippen LogP contribution is 2.47. The van der Waals surface area contributed by atoms with Crippen molar-refractivity contribution in [2.45, 2.75) is 47.6 Å². The monoisotopic (exact) mass is 588 g/mol. The molecule has 0 saturated carbocycles. The first-order valence-corrected chi connectivity index (χ1v) is 13.5. The van der Waals surface area contributed by atoms with E-state index in [0.717, 1.165) is 22.3 Å². The summed E-state index contributed by atoms with van der Waals surface area (Å²) < 4.78 is 0. The first-order chi connectivity index (χ1) is 17.1. The number of hydrogen-bond acceptors (Lipinski definition) is 9. The first kappa shape index (κ1) is 27.4. The Morgan fingerprint density at radius 3 is 1.22 bits per heavy atom. The molecule has 0 saturated heterocycles. The van der Waals surface area contributed by atoms with E-state index < -0.39 is 0 Å². The molecule has 0 bridgehead atoms. The van der Waals surface area contributed by atoms with E-state index in [1.807, 2.05) is 36.4 Å². The van der Waals surface area contributed by atoms with Crippen LogP contribution in [0.25, 0.3) is 0 Å². The molecule has 0 aliphatic rings. The summed E-state index contributed by atoms with van der Waals surface area (Å²) in [6.45, 7) is 0. The smallest absolute Gasteiger partial charge is 0.130 e. The topological polar surface area (TPSA) is 60.7 Å². The van der Waals surface area contributed by atoms with Crippen molar-refractivity contribution >= 4 is 75.8 Å². The Kier molecular flexibility index (Phi) is 8.69. The molecule has 0 fully saturated rings. The van der Waals surface area contributed by atoms with Crippen molar-refractivity contribution in [2.24, 2.45) is 0 Å². The number of aromatic hydroxyl groups is 3. The summed E-state index contributed by atoms with van der Waals surface area (Å²) in [6, 6.07) is 20.2. The summed E-state index contributed by atoms with van der Waals surface area (Å²) in [6.07, 6.45) is 0.548. The number of phenols is 3. The Morgan fingerprint density at radius 2 is 0.833 bits per heavy atom. The molecule has 0 aliphatic carbocycles. The van der Waals surface area contributed by atoms with Gasteiger partial charge in [0.05, 0.1) is 0 Å². The maximum Gasteiger partial charge on any atom is 0.130 e. The van der Waals surface area contributed by atoms with Gasteiger partial charge in [-0.15, -0.1) is 75.8 Å². The van der Waals surface area contributed by atoms with Crippen LogP contribution >= 0.6 is 75.8 Å². The second-order valence-corrected chi connectivity index (χ2v) is 11.3. The van der Waals surface area contributed by atoms with E-state index >= 15 is 0 Å². The summed E-state index contributed by atoms with van der Waals surface area (Å²) in [5.41, 5.74) is 3.61. The van der Waals surface area contributed by atoms with Crippen molar-refractivity contribution in [3.8, 4) is 17.2 Å². The van der Waals surface area contributed by atoms with Crippen LogP contribution in [0.2, 0.25) is 0 Å². The SMILES string of the molecule is Oc1cc(S)c(C(CC(c2cc(S)c(O)cc2S)c2cc(S)c(O)cc2S)c2ccccc2)cc1S. The van der Waals surface area contributed by atoms with E-state index in [-0.39, 0.29) is 29.1 Å². The van der Waals surface area contributed by atoms with Gasteiger partial charge in [-0.25, -0.2) is 0 Å². The molecule has 1 atom stereocenters. The quantitative estimate of drug-likeness (QED) is 0.108. The van der Waals surface area contributed by atoms with E-state index in [1.54, 1.807) is 30.3 Å². The molecule has 4 aromatic rings. The highest BCUT2D eigenvalue weighted by Gasteiger charge is 2.28. The lowest BCUT2D eigenvalue weighted by atomic mass is 9.78. The van der Waals surface area contributed by atoms with Gasteiger partial charge in [0.25, 0.3) is 0 Å². The summed E-state index contributed by atoms with van der Waals surface area (Å²) in [5, 5.41) is 30.6. The second kappa shape index (κ2) is 11.4. The lowest BCUT2D eigenvalue weighted by Crippen LogP contribution is -2.12. The van der Waals surface area contributed by atoms with Gasteiger partial charge in [-0.05, 0) is 65.1 Å². The van der Waals surface area contributed by atoms with Crippen LogP contribution in [0.3, 0.4) is 0 Å². The molecule has 0 amide bonds. The van der Waals surface area contributed by atoms with Crippen LogP contribution in [0, 0.1) is 0 Å². The zero-order valence-corrected chi connectivity index (χ0v) is 24.1. The Bertz CT molecular complexity index is 1370. The van der Waals surface area contributed by atoms with Gasteiger partial charge in [-0.3, -0.25) is 0 Å². The fourth-order valence-corrected chi connectivity index (χ4v) is 6.01. The van der Waals surface area contributed by atoms with Crippen LogP contribution in [0.1, 0.15) is 40.5 Å². The third kappa shape index (κ3) is 5.76. The van der Waals surface area contributed by atoms with Gasteiger partial charge < -0.3 is 15.3 Å². The van der Waals surface area contributed by atoms with Crippen LogP contribution in [-0.2, 0) is 0 Å². The number of benzene rings is 4. The van der Waals surface area contributed by atoms with Crippen LogP contribution in [0.4, 0.5) is 0 Å². The van der Waals surface area contributed by atoms with Crippen molar-refractivity contribution in [3.63, 3.8) is 0 Å². The molecular formula is C27H24O3S6. The molecule has 0 heterocycles. The highest BCUT2D eigenvalue weighted by atomic mass is 32.1. The van der Waals surface area contributed by atoms with Gasteiger partial charge in [-0.2, -0.15) is 0 Å². The predicted octanol–water partition coefficient (Wildman–Crippen LogP) is 7.89. The number of thiol groups is 6. The summed E-state index contributed by atoms with van der Waals surface area (Å²) in [5.74, 6) is -0.314. The minimum atomic E-state index is -0.280. The maximum atomic E-state index is 10.2. The van der Waals surface area contributed by atoms with E-state index in [1.165, 1.54) is 0 Å². The third-order valence-corrected chi connectivity index (χ3v) is 8.41. The van der Waals surface area contributed by atoms with Gasteiger partial charge in [0, 0.05) is 41.2 Å². The average molecular weight is 589 g/mol. The molecule has 36 heavy (non-hydrogen) atoms. The average Bonchev–Trinajstić information content (AvgIpc) is 2.83. The minimum absolute atomic E-state index is 0.0352. The van der Waals surface area contributed by atoms with Crippen LogP contribution in [0.5, 0.6) is 17.2 Å². The van der Waals surface area contributed by atoms with Gasteiger partial charge in [0.1, 0.15) is 17.2 Å². The van der Waals surface area contributed by atoms with E-state index in [2.05, 4.69) is 75.8 Å². The molecule has 9 heteroatoms. The maximum absolute atomic E-state index is 10.2. The lowest BCUT2D eigenvalue weighted by Gasteiger charge is -2.29. The van der Waals surface area contributed by atoms with Crippen LogP contribution < -0.4 is 0 Å². The molecule has 1 unspecified atom stereocenters. The number of rotatable bonds is 6. The Hall–Kier alpha value is -1.62. The Morgan fingerprint density at radius 1 is 0.472 bits per heavy atom. The highest BCUT2D eigenvalue weighted by molar-refractivity contribution is 7.81. The van der Waals surface area contributed by atoms with Gasteiger partial charge in [-0.1, -0.05) is 30.3 Å². The van der Waals surface area contributed by atoms with E-state index in [4.69, 9.17) is 0 Å². The van der Waals surface area contributed by atoms with Crippen LogP contribution in [0.15, 0.2) is 96.1 Å². The fourth-order valence-electron chi connectivity index (χ4n) is 4.37. The van der Waals surface area contributed by atoms with Gasteiger partial charge in [0.15, 0.2) is 0 Å². The largest absolute Gasteiger partial charge is 0.507 e. The molecular weight excluding hydrogens is 565 g/mol. The normalized spacial score (nSPS) is 12.2.